The van der Waals surface area contributed by atoms with E-state index < -0.39 is 238 Å². The lowest BCUT2D eigenvalue weighted by Gasteiger charge is -2.55. The molecule has 0 spiro atoms. The molecular formula is C45H72N10O29. The van der Waals surface area contributed by atoms with E-state index >= 15 is 0 Å². The van der Waals surface area contributed by atoms with Gasteiger partial charge >= 0.3 is 0 Å². The summed E-state index contributed by atoms with van der Waals surface area (Å²) in [6, 6.07) is -6.88. The van der Waals surface area contributed by atoms with Crippen LogP contribution in [0.1, 0.15) is 34.6 Å². The number of hydrogen-bond acceptors (Lipinski definition) is 35. The minimum atomic E-state index is -2.29. The van der Waals surface area contributed by atoms with Gasteiger partial charge in [-0.1, -0.05) is 0 Å². The third kappa shape index (κ3) is 8.39. The van der Waals surface area contributed by atoms with Gasteiger partial charge < -0.3 is 127 Å². The number of methoxy groups -OCH3 is 1. The first-order valence-corrected chi connectivity index (χ1v) is 26.9. The molecule has 0 aromatic carbocycles. The summed E-state index contributed by atoms with van der Waals surface area (Å²) in [6.07, 6.45) is -33.9. The molecular weight excluding hydrogens is 1140 g/mol. The summed E-state index contributed by atoms with van der Waals surface area (Å²) < 4.78 is 42.3. The predicted molar refractivity (Wildman–Crippen MR) is 255 cm³/mol. The monoisotopic (exact) mass is 1220 g/mol. The van der Waals surface area contributed by atoms with Crippen molar-refractivity contribution >= 4 is 23.6 Å². The minimum absolute atomic E-state index is 0.566. The fraction of sp³-hybridized carbons (Fsp3) is 0.911. The first-order valence-electron chi connectivity index (χ1n) is 26.9. The highest BCUT2D eigenvalue weighted by atomic mass is 16.9. The van der Waals surface area contributed by atoms with E-state index in [0.717, 1.165) is 53.0 Å². The van der Waals surface area contributed by atoms with Gasteiger partial charge in [0.1, 0.15) is 79.4 Å². The molecule has 11 fully saturated rings. The Kier molecular flexibility index (Phi) is 16.3. The van der Waals surface area contributed by atoms with Gasteiger partial charge in [0.15, 0.2) is 34.6 Å². The molecule has 0 aromatic rings. The molecule has 18 unspecified atom stereocenters. The van der Waals surface area contributed by atoms with Crippen LogP contribution < -0.4 is 27.0 Å². The standard InChI is InChI=1S/C45H72N10O29/c1-12-22(64)24(66)29(73-6)35(75-12)74-11-21-28(31(68)42(47-13(2)60)36(72)80-55(21)42)79-40-45(50-16(5)63)34(71)27(20(10-59)54(45)84-40)78-39-44(49-15(4)62)33(70)26(19(9-58)53(44)83-39)77-38-43(48-14(3)61)32(69)25(18(8-57)52(43)82-38)76-37-41(46)30(67)23(65)17(7-56)51(41)81-37/h12,17-40,56-59,64-72H,7-11,46H2,1-6H3,(H,47,60)(H,48,61)(H,49,62)(H,50,63)/t12?,17?,18?,19?,20?,21?,22-,23-,24?,25-,26-,27-,28-,29?,30?,31?,32?,33?,34?,35-,36-,37-,38-,39-,40-,41?,42?,43?,44?,45?/m1/s1. The van der Waals surface area contributed by atoms with Crippen molar-refractivity contribution in [1.82, 2.24) is 46.6 Å². The van der Waals surface area contributed by atoms with Crippen molar-refractivity contribution in [1.29, 1.82) is 0 Å². The highest BCUT2D eigenvalue weighted by Crippen LogP contribution is 2.56. The largest absolute Gasteiger partial charge is 0.395 e. The second-order valence-electron chi connectivity index (χ2n) is 22.7. The van der Waals surface area contributed by atoms with Crippen LogP contribution in [0.3, 0.4) is 0 Å². The van der Waals surface area contributed by atoms with Crippen molar-refractivity contribution in [2.45, 2.75) is 216 Å². The normalized spacial score (nSPS) is 52.1. The molecule has 0 aromatic heterocycles. The van der Waals surface area contributed by atoms with Gasteiger partial charge in [0.2, 0.25) is 55.1 Å². The molecule has 11 rings (SSSR count). The number of carbonyl (C=O) groups is 4. The SMILES string of the molecule is COC1C(O)[C@H](O)C(C)O[C@H]1OCC1[C@@H](O[C@@H]2ON3C(CO)[C@@H](O[C@@H]4ON5C(CO)[C@@H](O[C@@H]6ON7C(CO)[C@@H](O[C@@H]8ON9C(CO)[C@@H](O)C(O)C89N)C(O)C67NC(C)=O)C(O)C45NC(C)=O)C(O)C23NC(C)=O)C(O)C2(NC(C)=O)[C@H](O)ON12. The van der Waals surface area contributed by atoms with Crippen molar-refractivity contribution in [3.05, 3.63) is 0 Å². The number of hydrogen-bond donors (Lipinski definition) is 18. The summed E-state index contributed by atoms with van der Waals surface area (Å²) in [5.74, 6) is -3.22. The zero-order chi connectivity index (χ0) is 61.0. The third-order valence-electron chi connectivity index (χ3n) is 17.9. The number of rotatable bonds is 20. The van der Waals surface area contributed by atoms with Gasteiger partial charge in [0.25, 0.3) is 0 Å². The van der Waals surface area contributed by atoms with E-state index in [9.17, 15) is 85.6 Å². The molecule has 39 nitrogen and oxygen atoms in total. The lowest BCUT2D eigenvalue weighted by atomic mass is 9.96. The molecule has 11 aliphatic rings. The number of aliphatic hydroxyl groups is 13. The maximum atomic E-state index is 13.2. The van der Waals surface area contributed by atoms with E-state index in [2.05, 4.69) is 21.3 Å². The van der Waals surface area contributed by atoms with Crippen LogP contribution in [0.25, 0.3) is 0 Å². The van der Waals surface area contributed by atoms with Gasteiger partial charge in [-0.3, -0.25) is 43.4 Å². The Morgan fingerprint density at radius 1 is 0.464 bits per heavy atom. The average Bonchev–Trinajstić information content (AvgIpc) is 1.54. The predicted octanol–water partition coefficient (Wildman–Crippen LogP) is -14.1. The first kappa shape index (κ1) is 62.3. The number of fused-ring (bicyclic) bond motifs is 5. The highest BCUT2D eigenvalue weighted by Gasteiger charge is 2.82. The summed E-state index contributed by atoms with van der Waals surface area (Å²) in [4.78, 5) is 81.0. The number of nitrogens with zero attached hydrogens (tertiary/aromatic N) is 5. The van der Waals surface area contributed by atoms with Crippen LogP contribution in [-0.2, 0) is 76.5 Å². The summed E-state index contributed by atoms with van der Waals surface area (Å²) in [5.41, 5.74) is -4.44. The van der Waals surface area contributed by atoms with Gasteiger partial charge in [0, 0.05) is 34.8 Å². The Hall–Kier alpha value is -3.36. The number of amides is 4. The quantitative estimate of drug-likeness (QED) is 0.0538. The molecule has 11 heterocycles. The molecule has 30 atom stereocenters. The zero-order valence-corrected chi connectivity index (χ0v) is 45.6. The minimum Gasteiger partial charge on any atom is -0.395 e. The smallest absolute Gasteiger partial charge is 0.219 e. The molecule has 4 amide bonds. The molecule has 0 bridgehead atoms. The number of carbonyl (C=O) groups excluding carboxylic acids is 4. The fourth-order valence-corrected chi connectivity index (χ4v) is 13.9. The summed E-state index contributed by atoms with van der Waals surface area (Å²) in [7, 11) is 1.22. The van der Waals surface area contributed by atoms with Gasteiger partial charge in [-0.05, 0) is 6.92 Å². The molecule has 0 aliphatic carbocycles. The Bertz CT molecular complexity index is 2530. The topological polar surface area (TPSA) is 532 Å². The van der Waals surface area contributed by atoms with E-state index in [1.807, 2.05) is 0 Å². The number of hydroxylamine groups is 10. The maximum Gasteiger partial charge on any atom is 0.219 e. The van der Waals surface area contributed by atoms with Gasteiger partial charge in [-0.2, -0.15) is 0 Å². The Balaban J connectivity index is 0.840. The summed E-state index contributed by atoms with van der Waals surface area (Å²) in [6.45, 7) is 1.77. The van der Waals surface area contributed by atoms with Gasteiger partial charge in [0.05, 0.1) is 69.3 Å². The molecule has 0 radical (unpaired) electrons. The number of ether oxygens (including phenoxy) is 7. The van der Waals surface area contributed by atoms with Crippen LogP contribution >= 0.6 is 0 Å². The molecule has 84 heavy (non-hydrogen) atoms. The molecule has 11 saturated heterocycles. The van der Waals surface area contributed by atoms with Gasteiger partial charge in [-0.15, -0.1) is 25.3 Å². The lowest BCUT2D eigenvalue weighted by molar-refractivity contribution is -0.477. The van der Waals surface area contributed by atoms with Crippen molar-refractivity contribution < 1.29 is 143 Å². The molecule has 11 aliphatic heterocycles. The van der Waals surface area contributed by atoms with E-state index in [4.69, 9.17) is 63.1 Å². The van der Waals surface area contributed by atoms with Crippen LogP contribution in [0.4, 0.5) is 0 Å². The first-order chi connectivity index (χ1) is 39.7. The van der Waals surface area contributed by atoms with Crippen LogP contribution in [0.2, 0.25) is 0 Å². The van der Waals surface area contributed by atoms with Crippen molar-refractivity contribution in [3.63, 3.8) is 0 Å². The van der Waals surface area contributed by atoms with Gasteiger partial charge in [-0.25, -0.2) is 0 Å². The number of nitrogens with two attached hydrogens (primary N) is 1. The van der Waals surface area contributed by atoms with Crippen LogP contribution in [-0.4, -0.2) is 337 Å². The highest BCUT2D eigenvalue weighted by molar-refractivity contribution is 5.75. The fourth-order valence-electron chi connectivity index (χ4n) is 13.9. The second kappa shape index (κ2) is 22.0. The molecule has 0 saturated carbocycles. The van der Waals surface area contributed by atoms with Crippen molar-refractivity contribution in [3.8, 4) is 0 Å². The summed E-state index contributed by atoms with van der Waals surface area (Å²) in [5, 5.41) is 160. The average molecular weight is 1220 g/mol. The summed E-state index contributed by atoms with van der Waals surface area (Å²) >= 11 is 0. The Morgan fingerprint density at radius 3 is 1.20 bits per heavy atom. The van der Waals surface area contributed by atoms with Crippen LogP contribution in [0.15, 0.2) is 0 Å². The van der Waals surface area contributed by atoms with E-state index in [-0.39, 0.29) is 0 Å². The molecule has 476 valence electrons. The van der Waals surface area contributed by atoms with Crippen molar-refractivity contribution in [2.75, 3.05) is 40.1 Å². The number of aliphatic hydroxyl groups excluding tert-OH is 13. The van der Waals surface area contributed by atoms with Crippen molar-refractivity contribution in [2.24, 2.45) is 5.73 Å². The third-order valence-corrected chi connectivity index (χ3v) is 17.9. The molecule has 39 heteroatoms. The van der Waals surface area contributed by atoms with Crippen LogP contribution in [0.5, 0.6) is 0 Å². The van der Waals surface area contributed by atoms with E-state index in [0.29, 0.717) is 0 Å². The lowest BCUT2D eigenvalue weighted by Crippen LogP contribution is -2.81. The van der Waals surface area contributed by atoms with Crippen LogP contribution in [0, 0.1) is 0 Å². The second-order valence-corrected chi connectivity index (χ2v) is 22.7. The van der Waals surface area contributed by atoms with E-state index in [1.54, 1.807) is 0 Å². The number of nitrogens with one attached hydrogen (secondary N) is 4. The zero-order valence-electron chi connectivity index (χ0n) is 45.6. The Morgan fingerprint density at radius 2 is 0.821 bits per heavy atom. The van der Waals surface area contributed by atoms with E-state index in [1.165, 1.54) is 14.0 Å². The maximum absolute atomic E-state index is 13.2. The molecule has 19 N–H and O–H groups in total. The Labute approximate surface area is 474 Å².